The fraction of sp³-hybridized carbons (Fsp3) is 0.105. The van der Waals surface area contributed by atoms with E-state index in [1.54, 1.807) is 41.1 Å². The molecule has 138 valence electrons. The van der Waals surface area contributed by atoms with Crippen molar-refractivity contribution in [2.24, 2.45) is 5.73 Å². The molecule has 4 N–H and O–H groups in total. The molecule has 0 radical (unpaired) electrons. The Morgan fingerprint density at radius 2 is 1.78 bits per heavy atom. The van der Waals surface area contributed by atoms with E-state index in [9.17, 15) is 9.59 Å². The van der Waals surface area contributed by atoms with Gasteiger partial charge in [-0.3, -0.25) is 4.79 Å². The lowest BCUT2D eigenvalue weighted by Crippen LogP contribution is -2.19. The van der Waals surface area contributed by atoms with Gasteiger partial charge in [0.15, 0.2) is 0 Å². The molecule has 0 unspecified atom stereocenters. The number of nitrogens with zero attached hydrogens (tertiary/aromatic N) is 2. The zero-order valence-electron chi connectivity index (χ0n) is 14.6. The summed E-state index contributed by atoms with van der Waals surface area (Å²) in [4.78, 5) is 23.5. The van der Waals surface area contributed by atoms with Crippen molar-refractivity contribution in [2.45, 2.75) is 13.3 Å². The van der Waals surface area contributed by atoms with Crippen LogP contribution in [-0.2, 0) is 6.42 Å². The number of hydrogen-bond acceptors (Lipinski definition) is 3. The summed E-state index contributed by atoms with van der Waals surface area (Å²) in [7, 11) is 0. The number of carbonyl (C=O) groups is 2. The first-order chi connectivity index (χ1) is 13.0. The lowest BCUT2D eigenvalue weighted by molar-refractivity contribution is 0.102. The van der Waals surface area contributed by atoms with Gasteiger partial charge >= 0.3 is 6.03 Å². The Balaban J connectivity index is 1.82. The Morgan fingerprint density at radius 1 is 1.11 bits per heavy atom. The van der Waals surface area contributed by atoms with Crippen molar-refractivity contribution >= 4 is 34.9 Å². The van der Waals surface area contributed by atoms with Gasteiger partial charge in [0, 0.05) is 16.4 Å². The number of nitrogens with one attached hydrogen (secondary N) is 2. The van der Waals surface area contributed by atoms with E-state index >= 15 is 0 Å². The first-order valence-corrected chi connectivity index (χ1v) is 8.66. The Labute approximate surface area is 161 Å². The second-order valence-electron chi connectivity index (χ2n) is 5.77. The molecule has 8 heteroatoms. The number of aromatic nitrogens is 2. The molecule has 7 nitrogen and oxygen atoms in total. The number of primary amides is 1. The topological polar surface area (TPSA) is 102 Å². The number of nitrogens with two attached hydrogens (primary N) is 1. The minimum atomic E-state index is -0.646. The molecule has 0 fully saturated rings. The van der Waals surface area contributed by atoms with E-state index in [4.69, 9.17) is 17.3 Å². The fourth-order valence-corrected chi connectivity index (χ4v) is 2.90. The molecular formula is C19H18ClN5O2. The van der Waals surface area contributed by atoms with Gasteiger partial charge in [-0.15, -0.1) is 0 Å². The Bertz CT molecular complexity index is 982. The van der Waals surface area contributed by atoms with Crippen LogP contribution >= 0.6 is 11.6 Å². The largest absolute Gasteiger partial charge is 0.351 e. The van der Waals surface area contributed by atoms with Crippen molar-refractivity contribution < 1.29 is 9.59 Å². The predicted octanol–water partition coefficient (Wildman–Crippen LogP) is 3.83. The van der Waals surface area contributed by atoms with Gasteiger partial charge in [0.25, 0.3) is 5.91 Å². The maximum Gasteiger partial charge on any atom is 0.316 e. The summed E-state index contributed by atoms with van der Waals surface area (Å²) in [6, 6.07) is 13.3. The predicted molar refractivity (Wildman–Crippen MR) is 106 cm³/mol. The van der Waals surface area contributed by atoms with E-state index in [-0.39, 0.29) is 5.91 Å². The van der Waals surface area contributed by atoms with Gasteiger partial charge in [0.2, 0.25) is 0 Å². The van der Waals surface area contributed by atoms with Crippen molar-refractivity contribution in [2.75, 3.05) is 10.6 Å². The molecule has 27 heavy (non-hydrogen) atoms. The number of urea groups is 1. The zero-order valence-corrected chi connectivity index (χ0v) is 15.3. The SMILES string of the molecule is CCc1c(C(=O)Nc2ccc(NC(N)=O)cc2)cnn1-c1cccc(Cl)c1. The fourth-order valence-electron chi connectivity index (χ4n) is 2.71. The standard InChI is InChI=1S/C19H18ClN5O2/c1-2-17-16(11-22-25(17)15-5-3-4-12(20)10-15)18(26)23-13-6-8-14(9-7-13)24-19(21)27/h3-11H,2H2,1H3,(H,23,26)(H3,21,24,27). The van der Waals surface area contributed by atoms with Crippen LogP contribution in [0.25, 0.3) is 5.69 Å². The normalized spacial score (nSPS) is 10.4. The first kappa shape index (κ1) is 18.5. The molecule has 0 spiro atoms. The molecule has 0 saturated heterocycles. The maximum absolute atomic E-state index is 12.7. The minimum Gasteiger partial charge on any atom is -0.351 e. The van der Waals surface area contributed by atoms with Crippen LogP contribution in [0.3, 0.4) is 0 Å². The smallest absolute Gasteiger partial charge is 0.316 e. The molecule has 3 aromatic rings. The van der Waals surface area contributed by atoms with E-state index in [0.717, 1.165) is 11.4 Å². The molecule has 0 bridgehead atoms. The number of rotatable bonds is 5. The van der Waals surface area contributed by atoms with Crippen molar-refractivity contribution in [3.05, 3.63) is 71.0 Å². The molecule has 0 atom stereocenters. The third-order valence-corrected chi connectivity index (χ3v) is 4.15. The van der Waals surface area contributed by atoms with E-state index < -0.39 is 6.03 Å². The number of amides is 3. The third kappa shape index (κ3) is 4.27. The Kier molecular flexibility index (Phi) is 5.42. The summed E-state index contributed by atoms with van der Waals surface area (Å²) in [6.45, 7) is 1.96. The summed E-state index contributed by atoms with van der Waals surface area (Å²) in [5, 5.41) is 10.2. The second kappa shape index (κ2) is 7.92. The molecule has 0 aliphatic carbocycles. The number of benzene rings is 2. The highest BCUT2D eigenvalue weighted by atomic mass is 35.5. The van der Waals surface area contributed by atoms with E-state index in [2.05, 4.69) is 15.7 Å². The second-order valence-corrected chi connectivity index (χ2v) is 6.21. The monoisotopic (exact) mass is 383 g/mol. The lowest BCUT2D eigenvalue weighted by Gasteiger charge is -2.09. The number of hydrogen-bond donors (Lipinski definition) is 3. The Morgan fingerprint density at radius 3 is 2.37 bits per heavy atom. The van der Waals surface area contributed by atoms with Crippen molar-refractivity contribution in [1.82, 2.24) is 9.78 Å². The van der Waals surface area contributed by atoms with Crippen molar-refractivity contribution in [3.8, 4) is 5.69 Å². The lowest BCUT2D eigenvalue weighted by atomic mass is 10.1. The van der Waals surface area contributed by atoms with Crippen molar-refractivity contribution in [3.63, 3.8) is 0 Å². The van der Waals surface area contributed by atoms with Crippen LogP contribution in [0.15, 0.2) is 54.7 Å². The molecule has 1 heterocycles. The highest BCUT2D eigenvalue weighted by Crippen LogP contribution is 2.20. The molecule has 0 aliphatic heterocycles. The van der Waals surface area contributed by atoms with Gasteiger partial charge in [-0.1, -0.05) is 24.6 Å². The van der Waals surface area contributed by atoms with E-state index in [1.807, 2.05) is 19.1 Å². The first-order valence-electron chi connectivity index (χ1n) is 8.28. The molecule has 1 aromatic heterocycles. The quantitative estimate of drug-likeness (QED) is 0.623. The third-order valence-electron chi connectivity index (χ3n) is 3.91. The number of carbonyl (C=O) groups excluding carboxylic acids is 2. The van der Waals surface area contributed by atoms with Crippen LogP contribution in [-0.4, -0.2) is 21.7 Å². The highest BCUT2D eigenvalue weighted by Gasteiger charge is 2.17. The van der Waals surface area contributed by atoms with E-state index in [1.165, 1.54) is 6.20 Å². The van der Waals surface area contributed by atoms with Gasteiger partial charge in [-0.25, -0.2) is 9.48 Å². The van der Waals surface area contributed by atoms with Gasteiger partial charge in [-0.2, -0.15) is 5.10 Å². The molecule has 3 rings (SSSR count). The summed E-state index contributed by atoms with van der Waals surface area (Å²) >= 11 is 6.06. The molecule has 0 aliphatic rings. The average Bonchev–Trinajstić information content (AvgIpc) is 3.07. The molecular weight excluding hydrogens is 366 g/mol. The van der Waals surface area contributed by atoms with Gasteiger partial charge < -0.3 is 16.4 Å². The van der Waals surface area contributed by atoms with Crippen LogP contribution in [0.4, 0.5) is 16.2 Å². The molecule has 2 aromatic carbocycles. The van der Waals surface area contributed by atoms with Crippen LogP contribution in [0.1, 0.15) is 23.0 Å². The Hall–Kier alpha value is -3.32. The summed E-state index contributed by atoms with van der Waals surface area (Å²) < 4.78 is 1.71. The maximum atomic E-state index is 12.7. The summed E-state index contributed by atoms with van der Waals surface area (Å²) in [5.41, 5.74) is 8.26. The number of anilines is 2. The van der Waals surface area contributed by atoms with Crippen LogP contribution in [0.5, 0.6) is 0 Å². The van der Waals surface area contributed by atoms with Gasteiger partial charge in [0.05, 0.1) is 23.1 Å². The summed E-state index contributed by atoms with van der Waals surface area (Å²) in [5.74, 6) is -0.268. The van der Waals surface area contributed by atoms with Crippen molar-refractivity contribution in [1.29, 1.82) is 0 Å². The average molecular weight is 384 g/mol. The van der Waals surface area contributed by atoms with Crippen LogP contribution < -0.4 is 16.4 Å². The molecule has 3 amide bonds. The molecule has 0 saturated carbocycles. The van der Waals surface area contributed by atoms with Gasteiger partial charge in [-0.05, 0) is 48.9 Å². The van der Waals surface area contributed by atoms with Crippen LogP contribution in [0.2, 0.25) is 5.02 Å². The van der Waals surface area contributed by atoms with Gasteiger partial charge in [0.1, 0.15) is 0 Å². The minimum absolute atomic E-state index is 0.268. The highest BCUT2D eigenvalue weighted by molar-refractivity contribution is 6.30. The number of halogens is 1. The van der Waals surface area contributed by atoms with Crippen LogP contribution in [0, 0.1) is 0 Å². The zero-order chi connectivity index (χ0) is 19.4. The summed E-state index contributed by atoms with van der Waals surface area (Å²) in [6.07, 6.45) is 2.16. The van der Waals surface area contributed by atoms with E-state index in [0.29, 0.717) is 28.4 Å².